The predicted molar refractivity (Wildman–Crippen MR) is 91.4 cm³/mol. The monoisotopic (exact) mass is 326 g/mol. The Labute approximate surface area is 141 Å². The summed E-state index contributed by atoms with van der Waals surface area (Å²) in [6.45, 7) is 1.78. The van der Waals surface area contributed by atoms with Crippen LogP contribution < -0.4 is 4.90 Å². The second-order valence-corrected chi connectivity index (χ2v) is 6.47. The fourth-order valence-corrected chi connectivity index (χ4v) is 3.32. The van der Waals surface area contributed by atoms with Crippen LogP contribution in [-0.2, 0) is 6.42 Å². The standard InChI is InChI=1S/C20H20F2N2/c1-15-4-2-3-5-17(15)12-16-6-8-18(9-7-16)24-14-20(21,22)13-19(24)10-11-23/h2-9,19H,10,12-14H2,1H3/t19-/m1/s1. The van der Waals surface area contributed by atoms with E-state index in [9.17, 15) is 8.78 Å². The van der Waals surface area contributed by atoms with Gasteiger partial charge >= 0.3 is 0 Å². The third kappa shape index (κ3) is 3.56. The van der Waals surface area contributed by atoms with Crippen LogP contribution in [0.4, 0.5) is 14.5 Å². The van der Waals surface area contributed by atoms with Crippen molar-refractivity contribution in [2.24, 2.45) is 0 Å². The molecule has 124 valence electrons. The van der Waals surface area contributed by atoms with Crippen molar-refractivity contribution in [2.45, 2.75) is 38.2 Å². The summed E-state index contributed by atoms with van der Waals surface area (Å²) in [5.74, 6) is -2.72. The van der Waals surface area contributed by atoms with Gasteiger partial charge in [0.25, 0.3) is 5.92 Å². The van der Waals surface area contributed by atoms with Gasteiger partial charge in [0, 0.05) is 18.2 Å². The van der Waals surface area contributed by atoms with Crippen LogP contribution >= 0.6 is 0 Å². The molecule has 1 heterocycles. The number of hydrogen-bond acceptors (Lipinski definition) is 2. The summed E-state index contributed by atoms with van der Waals surface area (Å²) >= 11 is 0. The molecule has 2 nitrogen and oxygen atoms in total. The zero-order chi connectivity index (χ0) is 17.2. The third-order valence-corrected chi connectivity index (χ3v) is 4.63. The zero-order valence-electron chi connectivity index (χ0n) is 13.7. The summed E-state index contributed by atoms with van der Waals surface area (Å²) < 4.78 is 27.4. The van der Waals surface area contributed by atoms with Crippen LogP contribution in [0.2, 0.25) is 0 Å². The second kappa shape index (κ2) is 6.60. The second-order valence-electron chi connectivity index (χ2n) is 6.47. The molecule has 0 spiro atoms. The minimum atomic E-state index is -2.72. The quantitative estimate of drug-likeness (QED) is 0.813. The van der Waals surface area contributed by atoms with Crippen molar-refractivity contribution in [2.75, 3.05) is 11.4 Å². The Morgan fingerprint density at radius 3 is 2.54 bits per heavy atom. The van der Waals surface area contributed by atoms with E-state index in [1.807, 2.05) is 42.5 Å². The molecule has 2 aromatic carbocycles. The first-order chi connectivity index (χ1) is 11.5. The Bertz CT molecular complexity index is 747. The summed E-state index contributed by atoms with van der Waals surface area (Å²) in [5.41, 5.74) is 4.42. The van der Waals surface area contributed by atoms with Gasteiger partial charge in [-0.05, 0) is 42.2 Å². The molecular weight excluding hydrogens is 306 g/mol. The predicted octanol–water partition coefficient (Wildman–Crippen LogP) is 4.71. The number of hydrogen-bond donors (Lipinski definition) is 0. The van der Waals surface area contributed by atoms with E-state index in [0.717, 1.165) is 17.7 Å². The highest BCUT2D eigenvalue weighted by atomic mass is 19.3. The molecule has 0 N–H and O–H groups in total. The molecule has 0 saturated carbocycles. The van der Waals surface area contributed by atoms with Gasteiger partial charge in [-0.15, -0.1) is 0 Å². The van der Waals surface area contributed by atoms with E-state index in [1.165, 1.54) is 11.1 Å². The van der Waals surface area contributed by atoms with Gasteiger partial charge in [-0.25, -0.2) is 8.78 Å². The number of rotatable bonds is 4. The van der Waals surface area contributed by atoms with Crippen LogP contribution in [0.25, 0.3) is 0 Å². The number of alkyl halides is 2. The molecule has 1 aliphatic heterocycles. The van der Waals surface area contributed by atoms with E-state index in [-0.39, 0.29) is 19.4 Å². The van der Waals surface area contributed by atoms with E-state index >= 15 is 0 Å². The van der Waals surface area contributed by atoms with Crippen LogP contribution in [0.5, 0.6) is 0 Å². The highest BCUT2D eigenvalue weighted by Crippen LogP contribution is 2.36. The molecule has 1 saturated heterocycles. The summed E-state index contributed by atoms with van der Waals surface area (Å²) in [4.78, 5) is 1.67. The van der Waals surface area contributed by atoms with Gasteiger partial charge in [-0.3, -0.25) is 0 Å². The van der Waals surface area contributed by atoms with Crippen molar-refractivity contribution in [1.29, 1.82) is 5.26 Å². The van der Waals surface area contributed by atoms with Gasteiger partial charge in [0.05, 0.1) is 19.0 Å². The number of nitriles is 1. The first kappa shape index (κ1) is 16.4. The van der Waals surface area contributed by atoms with Crippen LogP contribution in [0.3, 0.4) is 0 Å². The maximum absolute atomic E-state index is 13.7. The number of aryl methyl sites for hydroxylation is 1. The topological polar surface area (TPSA) is 27.0 Å². The highest BCUT2D eigenvalue weighted by molar-refractivity contribution is 5.51. The Morgan fingerprint density at radius 1 is 1.17 bits per heavy atom. The van der Waals surface area contributed by atoms with Gasteiger partial charge < -0.3 is 4.90 Å². The summed E-state index contributed by atoms with van der Waals surface area (Å²) in [7, 11) is 0. The lowest BCUT2D eigenvalue weighted by atomic mass is 10.0. The third-order valence-electron chi connectivity index (χ3n) is 4.63. The average Bonchev–Trinajstić information content (AvgIpc) is 2.85. The van der Waals surface area contributed by atoms with E-state index < -0.39 is 12.0 Å². The summed E-state index contributed by atoms with van der Waals surface area (Å²) in [6, 6.07) is 17.6. The molecule has 1 fully saturated rings. The molecule has 0 aromatic heterocycles. The Kier molecular flexibility index (Phi) is 4.53. The first-order valence-corrected chi connectivity index (χ1v) is 8.13. The minimum Gasteiger partial charge on any atom is -0.361 e. The van der Waals surface area contributed by atoms with Gasteiger partial charge in [-0.2, -0.15) is 5.26 Å². The van der Waals surface area contributed by atoms with Gasteiger partial charge in [-0.1, -0.05) is 36.4 Å². The lowest BCUT2D eigenvalue weighted by molar-refractivity contribution is 0.0225. The molecule has 0 radical (unpaired) electrons. The molecule has 3 rings (SSSR count). The summed E-state index contributed by atoms with van der Waals surface area (Å²) in [6.07, 6.45) is 0.705. The molecule has 0 amide bonds. The van der Waals surface area contributed by atoms with Crippen molar-refractivity contribution in [3.63, 3.8) is 0 Å². The van der Waals surface area contributed by atoms with Crippen LogP contribution in [0.15, 0.2) is 48.5 Å². The summed E-state index contributed by atoms with van der Waals surface area (Å²) in [5, 5.41) is 8.87. The Morgan fingerprint density at radius 2 is 1.88 bits per heavy atom. The van der Waals surface area contributed by atoms with Crippen molar-refractivity contribution < 1.29 is 8.78 Å². The van der Waals surface area contributed by atoms with Crippen LogP contribution in [0, 0.1) is 18.3 Å². The number of halogens is 2. The largest absolute Gasteiger partial charge is 0.361 e. The lowest BCUT2D eigenvalue weighted by Gasteiger charge is -2.24. The SMILES string of the molecule is Cc1ccccc1Cc1ccc(N2CC(F)(F)C[C@H]2CC#N)cc1. The molecule has 0 aliphatic carbocycles. The molecule has 0 unspecified atom stereocenters. The maximum Gasteiger partial charge on any atom is 0.267 e. The fourth-order valence-electron chi connectivity index (χ4n) is 3.32. The van der Waals surface area contributed by atoms with E-state index in [2.05, 4.69) is 19.1 Å². The van der Waals surface area contributed by atoms with Crippen molar-refractivity contribution in [1.82, 2.24) is 0 Å². The molecule has 2 aromatic rings. The van der Waals surface area contributed by atoms with Gasteiger partial charge in [0.2, 0.25) is 0 Å². The molecule has 1 aliphatic rings. The number of nitrogens with zero attached hydrogens (tertiary/aromatic N) is 2. The number of anilines is 1. The van der Waals surface area contributed by atoms with Crippen molar-refractivity contribution in [3.8, 4) is 6.07 Å². The van der Waals surface area contributed by atoms with E-state index in [1.54, 1.807) is 4.90 Å². The fraction of sp³-hybridized carbons (Fsp3) is 0.350. The van der Waals surface area contributed by atoms with Crippen molar-refractivity contribution in [3.05, 3.63) is 65.2 Å². The number of benzene rings is 2. The molecular formula is C20H20F2N2. The molecule has 24 heavy (non-hydrogen) atoms. The first-order valence-electron chi connectivity index (χ1n) is 8.13. The molecule has 1 atom stereocenters. The zero-order valence-corrected chi connectivity index (χ0v) is 13.7. The van der Waals surface area contributed by atoms with Crippen LogP contribution in [-0.4, -0.2) is 18.5 Å². The Hall–Kier alpha value is -2.41. The highest BCUT2D eigenvalue weighted by Gasteiger charge is 2.44. The van der Waals surface area contributed by atoms with Crippen LogP contribution in [0.1, 0.15) is 29.5 Å². The van der Waals surface area contributed by atoms with Gasteiger partial charge in [0.1, 0.15) is 0 Å². The minimum absolute atomic E-state index is 0.126. The normalized spacial score (nSPS) is 19.2. The molecule has 0 bridgehead atoms. The van der Waals surface area contributed by atoms with E-state index in [4.69, 9.17) is 5.26 Å². The van der Waals surface area contributed by atoms with Crippen molar-refractivity contribution >= 4 is 5.69 Å². The Balaban J connectivity index is 1.77. The van der Waals surface area contributed by atoms with Gasteiger partial charge in [0.15, 0.2) is 0 Å². The average molecular weight is 326 g/mol. The smallest absolute Gasteiger partial charge is 0.267 e. The molecule has 4 heteroatoms. The maximum atomic E-state index is 13.7. The lowest BCUT2D eigenvalue weighted by Crippen LogP contribution is -2.30. The van der Waals surface area contributed by atoms with E-state index in [0.29, 0.717) is 0 Å².